The van der Waals surface area contributed by atoms with Gasteiger partial charge in [-0.25, -0.2) is 0 Å². The van der Waals surface area contributed by atoms with Gasteiger partial charge in [-0.05, 0) is 37.6 Å². The summed E-state index contributed by atoms with van der Waals surface area (Å²) >= 11 is 0. The Morgan fingerprint density at radius 3 is 1.38 bits per heavy atom. The third-order valence-electron chi connectivity index (χ3n) is 3.66. The third-order valence-corrected chi connectivity index (χ3v) is 7.21. The van der Waals surface area contributed by atoms with Crippen molar-refractivity contribution in [3.8, 4) is 0 Å². The molecule has 0 radical (unpaired) electrons. The Hall–Kier alpha value is -0.392. The van der Waals surface area contributed by atoms with E-state index in [9.17, 15) is 13.0 Å². The van der Waals surface area contributed by atoms with Crippen LogP contribution >= 0.6 is 7.92 Å². The van der Waals surface area contributed by atoms with Gasteiger partial charge in [-0.2, -0.15) is 8.42 Å². The molecule has 3 aromatic rings. The van der Waals surface area contributed by atoms with E-state index in [1.54, 1.807) is 6.07 Å². The van der Waals surface area contributed by atoms with Crippen molar-refractivity contribution in [3.63, 3.8) is 0 Å². The smallest absolute Gasteiger partial charge is 2.00 e. The molecule has 0 amide bonds. The minimum Gasteiger partial charge on any atom is 2.00 e. The number of rotatable bonds is 4. The second kappa shape index (κ2) is 24.3. The van der Waals surface area contributed by atoms with E-state index < -0.39 is 18.0 Å². The Morgan fingerprint density at radius 2 is 1.06 bits per heavy atom. The normalized spacial score (nSPS) is 8.21. The van der Waals surface area contributed by atoms with Gasteiger partial charge < -0.3 is 45.3 Å². The molecule has 3 aromatic carbocycles. The summed E-state index contributed by atoms with van der Waals surface area (Å²) in [6, 6.07) is 24.7. The molecular weight excluding hydrogens is 563 g/mol. The minimum absolute atomic E-state index is 0. The molecule has 13 N–H and O–H groups in total. The molecule has 196 valence electrons. The Bertz CT molecular complexity index is 939. The molecule has 34 heavy (non-hydrogen) atoms. The van der Waals surface area contributed by atoms with Gasteiger partial charge in [0, 0.05) is 5.30 Å². The fourth-order valence-corrected chi connectivity index (χ4v) is 6.21. The molecule has 15 heteroatoms. The Labute approximate surface area is 241 Å². The van der Waals surface area contributed by atoms with E-state index >= 15 is 0 Å². The van der Waals surface area contributed by atoms with Gasteiger partial charge in [-0.15, -0.1) is 0 Å². The quantitative estimate of drug-likeness (QED) is 0.175. The Balaban J connectivity index is -0.000000113. The summed E-state index contributed by atoms with van der Waals surface area (Å²) < 4.78 is 33.5. The molecule has 0 fully saturated rings. The van der Waals surface area contributed by atoms with Crippen LogP contribution < -0.4 is 28.3 Å². The van der Waals surface area contributed by atoms with Crippen LogP contribution in [0.25, 0.3) is 0 Å². The van der Waals surface area contributed by atoms with Crippen LogP contribution in [0.4, 0.5) is 0 Å². The van der Waals surface area contributed by atoms with Crippen molar-refractivity contribution < 1.29 is 74.7 Å². The topological polar surface area (TPSA) is 243 Å². The molecule has 0 aliphatic heterocycles. The standard InChI is InChI=1S/C19H17O3PS.BH4.ClH.Na.Ni.6H2O.H/c1-15-12-13-19(24(20,21)22)18(14-15)23(16-8-4-2-5-9-16)17-10-6-3-7-11-17;;;;;;;;;;;/h2-14H,1H3,(H,20,21,22);1H4;1H;;;6*1H2;/q;-1;;;+2;;;;;;;/p-1. The van der Waals surface area contributed by atoms with Crippen LogP contribution in [0.1, 0.15) is 5.56 Å². The van der Waals surface area contributed by atoms with E-state index in [4.69, 9.17) is 0 Å². The van der Waals surface area contributed by atoms with Gasteiger partial charge in [-0.3, -0.25) is 4.55 Å². The number of hydrogen-bond acceptors (Lipinski definition) is 2. The first-order valence-corrected chi connectivity index (χ1v) is 10.2. The van der Waals surface area contributed by atoms with E-state index in [1.807, 2.05) is 73.7 Å². The first-order valence-electron chi connectivity index (χ1n) is 7.45. The molecule has 0 aliphatic rings. The van der Waals surface area contributed by atoms with E-state index in [0.29, 0.717) is 5.30 Å². The van der Waals surface area contributed by atoms with E-state index in [0.717, 1.165) is 16.2 Å². The van der Waals surface area contributed by atoms with Crippen molar-refractivity contribution in [2.75, 3.05) is 0 Å². The van der Waals surface area contributed by atoms with Crippen LogP contribution in [-0.4, -0.2) is 83.8 Å². The molecule has 0 saturated heterocycles. The van der Waals surface area contributed by atoms with Crippen molar-refractivity contribution >= 4 is 71.9 Å². The predicted molar refractivity (Wildman–Crippen MR) is 140 cm³/mol. The summed E-state index contributed by atoms with van der Waals surface area (Å²) in [5.41, 5.74) is 0.955. The van der Waals surface area contributed by atoms with Gasteiger partial charge in [-0.1, -0.05) is 80.7 Å². The zero-order valence-electron chi connectivity index (χ0n) is 16.8. The largest absolute Gasteiger partial charge is 2.00 e. The molecule has 0 unspecified atom stereocenters. The van der Waals surface area contributed by atoms with Crippen LogP contribution in [0.3, 0.4) is 0 Å². The van der Waals surface area contributed by atoms with Crippen LogP contribution in [0.15, 0.2) is 83.8 Å². The van der Waals surface area contributed by atoms with Crippen LogP contribution in [0, 0.1) is 6.92 Å². The summed E-state index contributed by atoms with van der Waals surface area (Å²) in [5, 5.41) is 2.72. The fourth-order valence-electron chi connectivity index (χ4n) is 2.60. The van der Waals surface area contributed by atoms with Gasteiger partial charge in [0.2, 0.25) is 0 Å². The maximum atomic E-state index is 11.9. The maximum Gasteiger partial charge on any atom is 2.00 e. The summed E-state index contributed by atoms with van der Waals surface area (Å²) in [6.45, 7) is 1.92. The first-order chi connectivity index (χ1) is 11.5. The SMILES string of the molecule is Cc1ccc(S(=O)(=O)O)c(P(c2ccccc2)c2ccccc2)c1.O.O.O.O.O.O.[BH4-].[Cl-].[NaH].[Ni+2]. The number of hydrogen-bond donors (Lipinski definition) is 1. The minimum atomic E-state index is -4.30. The summed E-state index contributed by atoms with van der Waals surface area (Å²) in [4.78, 5) is -0.0214. The molecule has 0 aliphatic carbocycles. The Morgan fingerprint density at radius 1 is 0.706 bits per heavy atom. The number of aryl methyl sites for hydroxylation is 1. The van der Waals surface area contributed by atoms with Crippen LogP contribution in [0.2, 0.25) is 0 Å². The molecule has 3 rings (SSSR count). The Kier molecular flexibility index (Phi) is 39.0. The monoisotopic (exact) mass is 596 g/mol. The zero-order chi connectivity index (χ0) is 17.2. The molecule has 0 bridgehead atoms. The van der Waals surface area contributed by atoms with Gasteiger partial charge >= 0.3 is 46.0 Å². The molecule has 0 heterocycles. The second-order valence-corrected chi connectivity index (χ2v) is 9.03. The fraction of sp³-hybridized carbons (Fsp3) is 0.0526. The van der Waals surface area contributed by atoms with Crippen molar-refractivity contribution in [3.05, 3.63) is 84.4 Å². The van der Waals surface area contributed by atoms with Gasteiger partial charge in [0.05, 0.1) is 0 Å². The summed E-state index contributed by atoms with van der Waals surface area (Å²) in [7, 11) is -5.38. The number of benzene rings is 3. The molecular formula is C19H34BClNaNiO9PS. The maximum absolute atomic E-state index is 11.9. The van der Waals surface area contributed by atoms with Crippen LogP contribution in [0.5, 0.6) is 0 Å². The van der Waals surface area contributed by atoms with Gasteiger partial charge in [0.1, 0.15) is 4.90 Å². The van der Waals surface area contributed by atoms with Crippen LogP contribution in [-0.2, 0) is 26.6 Å². The van der Waals surface area contributed by atoms with E-state index in [2.05, 4.69) is 0 Å². The molecule has 9 nitrogen and oxygen atoms in total. The van der Waals surface area contributed by atoms with Crippen molar-refractivity contribution in [2.45, 2.75) is 11.8 Å². The molecule has 0 saturated carbocycles. The predicted octanol–water partition coefficient (Wildman–Crippen LogP) is -7.05. The molecule has 0 atom stereocenters. The average Bonchev–Trinajstić information content (AvgIpc) is 2.56. The number of halogens is 1. The van der Waals surface area contributed by atoms with Crippen molar-refractivity contribution in [2.24, 2.45) is 0 Å². The van der Waals surface area contributed by atoms with E-state index in [-0.39, 0.29) is 105 Å². The second-order valence-electron chi connectivity index (χ2n) is 5.45. The molecule has 0 aromatic heterocycles. The summed E-state index contributed by atoms with van der Waals surface area (Å²) in [6.07, 6.45) is 0. The van der Waals surface area contributed by atoms with E-state index in [1.165, 1.54) is 6.07 Å². The summed E-state index contributed by atoms with van der Waals surface area (Å²) in [5.74, 6) is 0. The third kappa shape index (κ3) is 13.6. The van der Waals surface area contributed by atoms with Gasteiger partial charge in [0.25, 0.3) is 10.1 Å². The van der Waals surface area contributed by atoms with Crippen molar-refractivity contribution in [1.82, 2.24) is 0 Å². The van der Waals surface area contributed by atoms with Gasteiger partial charge in [0.15, 0.2) is 0 Å². The average molecular weight is 597 g/mol. The van der Waals surface area contributed by atoms with Crippen molar-refractivity contribution in [1.29, 1.82) is 0 Å². The zero-order valence-corrected chi connectivity index (χ0v) is 20.3. The molecule has 0 spiro atoms. The first kappa shape index (κ1) is 54.5.